The van der Waals surface area contributed by atoms with Crippen molar-refractivity contribution in [3.05, 3.63) is 0 Å². The van der Waals surface area contributed by atoms with Gasteiger partial charge in [-0.1, -0.05) is 0 Å². The van der Waals surface area contributed by atoms with E-state index in [1.165, 1.54) is 7.11 Å². The third-order valence-corrected chi connectivity index (χ3v) is 4.34. The zero-order valence-corrected chi connectivity index (χ0v) is 11.7. The smallest absolute Gasteiger partial charge is 0.186 e. The van der Waals surface area contributed by atoms with Gasteiger partial charge in [-0.3, -0.25) is 0 Å². The summed E-state index contributed by atoms with van der Waals surface area (Å²) in [6.07, 6.45) is -8.80. The van der Waals surface area contributed by atoms with Crippen molar-refractivity contribution < 1.29 is 40.1 Å². The summed E-state index contributed by atoms with van der Waals surface area (Å²) in [5.41, 5.74) is -1.26. The average Bonchev–Trinajstić information content (AvgIpc) is 2.77. The SMILES string of the molecule is CO[C@H]1O[C@H](C[C@@]2(CO)NC[C@H](O)[C@@H]2O)[C@@H](O)[C@H](O)[C@H]1O. The van der Waals surface area contributed by atoms with E-state index in [1.807, 2.05) is 0 Å². The normalized spacial score (nSPS) is 51.3. The van der Waals surface area contributed by atoms with Gasteiger partial charge >= 0.3 is 0 Å². The molecule has 2 fully saturated rings. The van der Waals surface area contributed by atoms with Gasteiger partial charge in [-0.2, -0.15) is 0 Å². The van der Waals surface area contributed by atoms with Crippen LogP contribution in [-0.4, -0.2) is 99.4 Å². The van der Waals surface area contributed by atoms with Crippen LogP contribution in [0, 0.1) is 0 Å². The summed E-state index contributed by atoms with van der Waals surface area (Å²) < 4.78 is 10.3. The zero-order chi connectivity index (χ0) is 15.8. The number of ether oxygens (including phenoxy) is 2. The van der Waals surface area contributed by atoms with Crippen molar-refractivity contribution in [1.82, 2.24) is 5.32 Å². The van der Waals surface area contributed by atoms with E-state index >= 15 is 0 Å². The second-order valence-corrected chi connectivity index (χ2v) is 5.66. The van der Waals surface area contributed by atoms with Gasteiger partial charge in [0.15, 0.2) is 6.29 Å². The monoisotopic (exact) mass is 309 g/mol. The van der Waals surface area contributed by atoms with Crippen LogP contribution in [0.25, 0.3) is 0 Å². The van der Waals surface area contributed by atoms with Crippen molar-refractivity contribution in [2.45, 2.75) is 54.9 Å². The molecule has 2 aliphatic heterocycles. The molecular weight excluding hydrogens is 286 g/mol. The van der Waals surface area contributed by atoms with Crippen LogP contribution in [-0.2, 0) is 9.47 Å². The number of hydrogen-bond acceptors (Lipinski definition) is 9. The summed E-state index contributed by atoms with van der Waals surface area (Å²) in [7, 11) is 1.28. The van der Waals surface area contributed by atoms with Gasteiger partial charge in [0.25, 0.3) is 0 Å². The van der Waals surface area contributed by atoms with E-state index < -0.39 is 55.1 Å². The first-order valence-electron chi connectivity index (χ1n) is 6.81. The minimum absolute atomic E-state index is 0.0769. The number of nitrogens with one attached hydrogen (secondary N) is 1. The minimum Gasteiger partial charge on any atom is -0.394 e. The highest BCUT2D eigenvalue weighted by atomic mass is 16.7. The Balaban J connectivity index is 2.13. The molecule has 2 heterocycles. The Bertz CT molecular complexity index is 356. The van der Waals surface area contributed by atoms with Gasteiger partial charge in [-0.05, 0) is 6.42 Å². The molecule has 9 heteroatoms. The molecule has 21 heavy (non-hydrogen) atoms. The van der Waals surface area contributed by atoms with Crippen LogP contribution in [0.1, 0.15) is 6.42 Å². The van der Waals surface area contributed by atoms with Crippen molar-refractivity contribution in [3.8, 4) is 0 Å². The molecule has 9 nitrogen and oxygen atoms in total. The van der Waals surface area contributed by atoms with E-state index in [-0.39, 0.29) is 13.0 Å². The van der Waals surface area contributed by atoms with Gasteiger partial charge in [0.2, 0.25) is 0 Å². The maximum atomic E-state index is 10.0. The van der Waals surface area contributed by atoms with Gasteiger partial charge in [0, 0.05) is 13.7 Å². The summed E-state index contributed by atoms with van der Waals surface area (Å²) in [5, 5.41) is 61.5. The third-order valence-electron chi connectivity index (χ3n) is 4.34. The van der Waals surface area contributed by atoms with Crippen LogP contribution in [0.5, 0.6) is 0 Å². The first kappa shape index (κ1) is 17.0. The van der Waals surface area contributed by atoms with Crippen molar-refractivity contribution in [1.29, 1.82) is 0 Å². The zero-order valence-electron chi connectivity index (χ0n) is 11.7. The first-order chi connectivity index (χ1) is 9.86. The minimum atomic E-state index is -1.48. The van der Waals surface area contributed by atoms with Crippen molar-refractivity contribution >= 4 is 0 Å². The summed E-state index contributed by atoms with van der Waals surface area (Å²) >= 11 is 0. The molecule has 0 aromatic heterocycles. The fraction of sp³-hybridized carbons (Fsp3) is 1.00. The first-order valence-corrected chi connectivity index (χ1v) is 6.81. The van der Waals surface area contributed by atoms with Crippen LogP contribution < -0.4 is 5.32 Å². The van der Waals surface area contributed by atoms with Crippen molar-refractivity contribution in [3.63, 3.8) is 0 Å². The van der Waals surface area contributed by atoms with E-state index in [9.17, 15) is 30.6 Å². The van der Waals surface area contributed by atoms with Crippen molar-refractivity contribution in [2.75, 3.05) is 20.3 Å². The largest absolute Gasteiger partial charge is 0.394 e. The molecule has 124 valence electrons. The molecular formula is C12H23NO8. The van der Waals surface area contributed by atoms with Gasteiger partial charge in [0.1, 0.15) is 24.4 Å². The van der Waals surface area contributed by atoms with Crippen molar-refractivity contribution in [2.24, 2.45) is 0 Å². The lowest BCUT2D eigenvalue weighted by Gasteiger charge is -2.43. The number of β-amino-alcohol motifs (C(OH)–C–C–N with tert-alkyl or cyclic N) is 1. The van der Waals surface area contributed by atoms with E-state index in [0.29, 0.717) is 0 Å². The number of hydrogen-bond donors (Lipinski definition) is 7. The standard InChI is InChI=1S/C12H23NO8/c1-20-11-9(18)8(17)7(16)6(21-11)2-12(4-14)10(19)5(15)3-13-12/h5-11,13-19H,2-4H2,1H3/t5-,6+,7+,8-,9+,10-,11-,12-/m0/s1. The van der Waals surface area contributed by atoms with Crippen LogP contribution in [0.15, 0.2) is 0 Å². The molecule has 0 aliphatic carbocycles. The van der Waals surface area contributed by atoms with Gasteiger partial charge in [-0.15, -0.1) is 0 Å². The molecule has 0 radical (unpaired) electrons. The lowest BCUT2D eigenvalue weighted by molar-refractivity contribution is -0.294. The Morgan fingerprint density at radius 3 is 2.29 bits per heavy atom. The fourth-order valence-electron chi connectivity index (χ4n) is 2.94. The number of rotatable bonds is 4. The highest BCUT2D eigenvalue weighted by molar-refractivity contribution is 5.07. The third kappa shape index (κ3) is 2.93. The Morgan fingerprint density at radius 1 is 1.14 bits per heavy atom. The Labute approximate surface area is 121 Å². The molecule has 0 saturated carbocycles. The highest BCUT2D eigenvalue weighted by Crippen LogP contribution is 2.31. The molecule has 2 aliphatic rings. The number of methoxy groups -OCH3 is 1. The van der Waals surface area contributed by atoms with E-state index in [2.05, 4.69) is 5.32 Å². The summed E-state index contributed by atoms with van der Waals surface area (Å²) in [5.74, 6) is 0. The Hall–Kier alpha value is -0.360. The second-order valence-electron chi connectivity index (χ2n) is 5.66. The number of aliphatic hydroxyl groups is 6. The lowest BCUT2D eigenvalue weighted by atomic mass is 9.84. The van der Waals surface area contributed by atoms with E-state index in [4.69, 9.17) is 9.47 Å². The molecule has 0 aromatic rings. The molecule has 0 spiro atoms. The van der Waals surface area contributed by atoms with Crippen LogP contribution in [0.2, 0.25) is 0 Å². The number of aliphatic hydroxyl groups excluding tert-OH is 6. The maximum Gasteiger partial charge on any atom is 0.186 e. The van der Waals surface area contributed by atoms with Gasteiger partial charge in [-0.25, -0.2) is 0 Å². The molecule has 8 atom stereocenters. The van der Waals surface area contributed by atoms with E-state index in [0.717, 1.165) is 0 Å². The van der Waals surface area contributed by atoms with Gasteiger partial charge in [0.05, 0.1) is 24.4 Å². The summed E-state index contributed by atoms with van der Waals surface area (Å²) in [6, 6.07) is 0. The van der Waals surface area contributed by atoms with Crippen LogP contribution in [0.3, 0.4) is 0 Å². The predicted octanol–water partition coefficient (Wildman–Crippen LogP) is -4.11. The van der Waals surface area contributed by atoms with Gasteiger partial charge < -0.3 is 45.4 Å². The fourth-order valence-corrected chi connectivity index (χ4v) is 2.94. The Morgan fingerprint density at radius 2 is 1.81 bits per heavy atom. The quantitative estimate of drug-likeness (QED) is 0.275. The summed E-state index contributed by atoms with van der Waals surface area (Å²) in [4.78, 5) is 0. The molecule has 0 unspecified atom stereocenters. The lowest BCUT2D eigenvalue weighted by Crippen LogP contribution is -2.62. The predicted molar refractivity (Wildman–Crippen MR) is 68.1 cm³/mol. The van der Waals surface area contributed by atoms with E-state index in [1.54, 1.807) is 0 Å². The van der Waals surface area contributed by atoms with Crippen LogP contribution >= 0.6 is 0 Å². The topological polar surface area (TPSA) is 152 Å². The molecule has 7 N–H and O–H groups in total. The molecule has 0 amide bonds. The molecule has 0 bridgehead atoms. The van der Waals surface area contributed by atoms with Crippen LogP contribution in [0.4, 0.5) is 0 Å². The molecule has 0 aromatic carbocycles. The highest BCUT2D eigenvalue weighted by Gasteiger charge is 2.52. The molecule has 2 rings (SSSR count). The Kier molecular flexibility index (Phi) is 5.19. The molecule has 2 saturated heterocycles. The average molecular weight is 309 g/mol. The summed E-state index contributed by atoms with van der Waals surface area (Å²) in [6.45, 7) is -0.405. The maximum absolute atomic E-state index is 10.0. The second kappa shape index (κ2) is 6.41.